The Morgan fingerprint density at radius 1 is 1.13 bits per heavy atom. The molecule has 2 aliphatic rings. The zero-order chi connectivity index (χ0) is 22.5. The van der Waals surface area contributed by atoms with Crippen LogP contribution in [-0.4, -0.2) is 70.3 Å². The monoisotopic (exact) mass is 433 g/mol. The second-order valence-electron chi connectivity index (χ2n) is 8.63. The van der Waals surface area contributed by atoms with Crippen LogP contribution >= 0.6 is 0 Å². The number of benzene rings is 1. The summed E-state index contributed by atoms with van der Waals surface area (Å²) in [4.78, 5) is 29.6. The lowest BCUT2D eigenvalue weighted by Gasteiger charge is -2.35. The van der Waals surface area contributed by atoms with E-state index in [1.807, 2.05) is 0 Å². The average Bonchev–Trinajstić information content (AvgIpc) is 3.18. The largest absolute Gasteiger partial charge is 0.493 e. The number of hydrogen-bond acceptors (Lipinski definition) is 6. The molecule has 2 amide bonds. The van der Waals surface area contributed by atoms with Gasteiger partial charge in [0.25, 0.3) is 0 Å². The molecule has 2 atom stereocenters. The highest BCUT2D eigenvalue weighted by Gasteiger charge is 2.36. The number of hydrogen-bond donors (Lipinski definition) is 1. The summed E-state index contributed by atoms with van der Waals surface area (Å²) in [5.41, 5.74) is 0.634. The van der Waals surface area contributed by atoms with Crippen molar-refractivity contribution in [1.29, 1.82) is 0 Å². The van der Waals surface area contributed by atoms with Crippen molar-refractivity contribution in [3.05, 3.63) is 12.1 Å². The van der Waals surface area contributed by atoms with Gasteiger partial charge in [0, 0.05) is 44.2 Å². The molecule has 2 aliphatic heterocycles. The van der Waals surface area contributed by atoms with Gasteiger partial charge in [-0.15, -0.1) is 0 Å². The van der Waals surface area contributed by atoms with Crippen LogP contribution in [0, 0.1) is 11.8 Å². The second-order valence-corrected chi connectivity index (χ2v) is 8.63. The number of anilines is 1. The first-order valence-corrected chi connectivity index (χ1v) is 11.0. The van der Waals surface area contributed by atoms with Crippen molar-refractivity contribution in [3.8, 4) is 17.2 Å². The third kappa shape index (κ3) is 5.23. The van der Waals surface area contributed by atoms with E-state index in [2.05, 4.69) is 24.1 Å². The minimum atomic E-state index is -0.364. The summed E-state index contributed by atoms with van der Waals surface area (Å²) in [7, 11) is 4.61. The highest BCUT2D eigenvalue weighted by molar-refractivity contribution is 6.00. The van der Waals surface area contributed by atoms with Crippen LogP contribution in [0.1, 0.15) is 33.1 Å². The van der Waals surface area contributed by atoms with Crippen molar-refractivity contribution < 1.29 is 23.8 Å². The Morgan fingerprint density at radius 3 is 2.39 bits per heavy atom. The zero-order valence-electron chi connectivity index (χ0n) is 19.3. The molecule has 0 aromatic heterocycles. The predicted octanol–water partition coefficient (Wildman–Crippen LogP) is 2.30. The van der Waals surface area contributed by atoms with Crippen molar-refractivity contribution in [1.82, 2.24) is 10.2 Å². The summed E-state index contributed by atoms with van der Waals surface area (Å²) in [6, 6.07) is 4.00. The second kappa shape index (κ2) is 10.2. The maximum Gasteiger partial charge on any atom is 0.227 e. The van der Waals surface area contributed by atoms with Crippen LogP contribution in [0.2, 0.25) is 0 Å². The van der Waals surface area contributed by atoms with Crippen molar-refractivity contribution >= 4 is 17.5 Å². The fraction of sp³-hybridized carbons (Fsp3) is 0.652. The molecule has 2 saturated heterocycles. The Morgan fingerprint density at radius 2 is 1.81 bits per heavy atom. The molecule has 1 aromatic carbocycles. The molecule has 0 aliphatic carbocycles. The molecule has 8 nitrogen and oxygen atoms in total. The molecular formula is C23H35N3O5. The topological polar surface area (TPSA) is 80.3 Å². The molecule has 0 radical (unpaired) electrons. The van der Waals surface area contributed by atoms with Gasteiger partial charge in [-0.2, -0.15) is 0 Å². The first kappa shape index (κ1) is 23.2. The number of nitrogens with one attached hydrogen (secondary N) is 1. The number of methoxy groups -OCH3 is 3. The van der Waals surface area contributed by atoms with Crippen LogP contribution in [0.15, 0.2) is 12.1 Å². The SMILES string of the molecule is COc1cc(N2CC(C(=O)NCC3CCCN(C(C)C)C3)CC2=O)cc(OC)c1OC. The minimum absolute atomic E-state index is 0.0510. The van der Waals surface area contributed by atoms with Gasteiger partial charge < -0.3 is 29.3 Å². The minimum Gasteiger partial charge on any atom is -0.493 e. The van der Waals surface area contributed by atoms with Crippen LogP contribution in [0.3, 0.4) is 0 Å². The fourth-order valence-electron chi connectivity index (χ4n) is 4.48. The number of rotatable bonds is 8. The first-order chi connectivity index (χ1) is 14.9. The summed E-state index contributed by atoms with van der Waals surface area (Å²) < 4.78 is 16.1. The lowest BCUT2D eigenvalue weighted by Crippen LogP contribution is -2.44. The lowest BCUT2D eigenvalue weighted by molar-refractivity contribution is -0.126. The van der Waals surface area contributed by atoms with Crippen molar-refractivity contribution in [2.45, 2.75) is 39.2 Å². The van der Waals surface area contributed by atoms with Crippen LogP contribution in [0.5, 0.6) is 17.2 Å². The summed E-state index contributed by atoms with van der Waals surface area (Å²) >= 11 is 0. The highest BCUT2D eigenvalue weighted by atomic mass is 16.5. The summed E-state index contributed by atoms with van der Waals surface area (Å²) in [6.45, 7) is 7.57. The molecule has 0 spiro atoms. The zero-order valence-corrected chi connectivity index (χ0v) is 19.3. The molecule has 2 fully saturated rings. The molecule has 3 rings (SSSR count). The standard InChI is InChI=1S/C23H35N3O5/c1-15(2)25-8-6-7-16(13-25)12-24-23(28)17-9-21(27)26(14-17)18-10-19(29-3)22(31-5)20(11-18)30-4/h10-11,15-17H,6-9,12-14H2,1-5H3,(H,24,28). The van der Waals surface area contributed by atoms with Crippen molar-refractivity contribution in [2.24, 2.45) is 11.8 Å². The van der Waals surface area contributed by atoms with Gasteiger partial charge in [0.15, 0.2) is 11.5 Å². The number of likely N-dealkylation sites (tertiary alicyclic amines) is 1. The lowest BCUT2D eigenvalue weighted by atomic mass is 9.96. The predicted molar refractivity (Wildman–Crippen MR) is 119 cm³/mol. The van der Waals surface area contributed by atoms with E-state index in [0.717, 1.165) is 25.9 Å². The van der Waals surface area contributed by atoms with E-state index in [1.165, 1.54) is 21.3 Å². The van der Waals surface area contributed by atoms with Gasteiger partial charge in [-0.3, -0.25) is 9.59 Å². The molecule has 1 aromatic rings. The Kier molecular flexibility index (Phi) is 7.64. The van der Waals surface area contributed by atoms with Crippen LogP contribution in [-0.2, 0) is 9.59 Å². The van der Waals surface area contributed by atoms with Crippen molar-refractivity contribution in [3.63, 3.8) is 0 Å². The van der Waals surface area contributed by atoms with E-state index in [9.17, 15) is 9.59 Å². The van der Waals surface area contributed by atoms with Gasteiger partial charge in [-0.05, 0) is 39.2 Å². The van der Waals surface area contributed by atoms with Gasteiger partial charge in [0.05, 0.1) is 32.9 Å². The average molecular weight is 434 g/mol. The summed E-state index contributed by atoms with van der Waals surface area (Å²) in [6.07, 6.45) is 2.49. The maximum atomic E-state index is 12.8. The van der Waals surface area contributed by atoms with E-state index in [4.69, 9.17) is 14.2 Å². The Hall–Kier alpha value is -2.48. The number of nitrogens with zero attached hydrogens (tertiary/aromatic N) is 2. The molecule has 2 unspecified atom stereocenters. The van der Waals surface area contributed by atoms with E-state index >= 15 is 0 Å². The van der Waals surface area contributed by atoms with Gasteiger partial charge >= 0.3 is 0 Å². The van der Waals surface area contributed by atoms with Gasteiger partial charge in [0.2, 0.25) is 17.6 Å². The van der Waals surface area contributed by atoms with E-state index in [1.54, 1.807) is 17.0 Å². The smallest absolute Gasteiger partial charge is 0.227 e. The van der Waals surface area contributed by atoms with Crippen molar-refractivity contribution in [2.75, 3.05) is 52.4 Å². The normalized spacial score (nSPS) is 22.0. The van der Waals surface area contributed by atoms with Crippen LogP contribution in [0.4, 0.5) is 5.69 Å². The van der Waals surface area contributed by atoms with Crippen LogP contribution in [0.25, 0.3) is 0 Å². The molecule has 0 bridgehead atoms. The summed E-state index contributed by atoms with van der Waals surface area (Å²) in [5.74, 6) is 1.38. The quantitative estimate of drug-likeness (QED) is 0.678. The molecule has 2 heterocycles. The molecule has 0 saturated carbocycles. The Balaban J connectivity index is 1.63. The number of carbonyl (C=O) groups is 2. The van der Waals surface area contributed by atoms with E-state index in [0.29, 0.717) is 48.0 Å². The van der Waals surface area contributed by atoms with E-state index in [-0.39, 0.29) is 24.2 Å². The van der Waals surface area contributed by atoms with Gasteiger partial charge in [-0.1, -0.05) is 0 Å². The van der Waals surface area contributed by atoms with E-state index < -0.39 is 0 Å². The molecule has 31 heavy (non-hydrogen) atoms. The van der Waals surface area contributed by atoms with Gasteiger partial charge in [0.1, 0.15) is 0 Å². The third-order valence-electron chi connectivity index (χ3n) is 6.30. The molecular weight excluding hydrogens is 398 g/mol. The maximum absolute atomic E-state index is 12.8. The Bertz CT molecular complexity index is 772. The fourth-order valence-corrected chi connectivity index (χ4v) is 4.48. The Labute approximate surface area is 184 Å². The highest BCUT2D eigenvalue weighted by Crippen LogP contribution is 2.42. The number of carbonyl (C=O) groups excluding carboxylic acids is 2. The molecule has 1 N–H and O–H groups in total. The number of ether oxygens (including phenoxy) is 3. The molecule has 8 heteroatoms. The van der Waals surface area contributed by atoms with Crippen LogP contribution < -0.4 is 24.4 Å². The first-order valence-electron chi connectivity index (χ1n) is 11.0. The number of piperidine rings is 1. The van der Waals surface area contributed by atoms with Gasteiger partial charge in [-0.25, -0.2) is 0 Å². The summed E-state index contributed by atoms with van der Waals surface area (Å²) in [5, 5.41) is 3.10. The third-order valence-corrected chi connectivity index (χ3v) is 6.30. The number of amides is 2. The molecule has 172 valence electrons.